The fourth-order valence-electron chi connectivity index (χ4n) is 1.40. The molecule has 1 heterocycles. The van der Waals surface area contributed by atoms with E-state index >= 15 is 0 Å². The molecule has 1 rings (SSSR count). The van der Waals surface area contributed by atoms with Gasteiger partial charge in [-0.2, -0.15) is 0 Å². The molecule has 1 atom stereocenters. The van der Waals surface area contributed by atoms with E-state index in [0.29, 0.717) is 6.04 Å². The van der Waals surface area contributed by atoms with Crippen molar-refractivity contribution in [1.29, 1.82) is 0 Å². The van der Waals surface area contributed by atoms with Crippen LogP contribution in [0.1, 0.15) is 19.2 Å². The van der Waals surface area contributed by atoms with E-state index in [1.807, 2.05) is 18.5 Å². The summed E-state index contributed by atoms with van der Waals surface area (Å²) in [4.78, 5) is 0. The Morgan fingerprint density at radius 3 is 2.76 bits per heavy atom. The molecular weight excluding hydrogens is 236 g/mol. The second-order valence-electron chi connectivity index (χ2n) is 4.01. The van der Waals surface area contributed by atoms with E-state index in [1.54, 1.807) is 18.9 Å². The van der Waals surface area contributed by atoms with Crippen LogP contribution >= 0.6 is 11.8 Å². The van der Waals surface area contributed by atoms with Crippen molar-refractivity contribution in [1.82, 2.24) is 20.1 Å². The molecule has 0 aliphatic carbocycles. The summed E-state index contributed by atoms with van der Waals surface area (Å²) in [6.45, 7) is 5.87. The second-order valence-corrected chi connectivity index (χ2v) is 4.99. The lowest BCUT2D eigenvalue weighted by molar-refractivity contribution is 0.174. The van der Waals surface area contributed by atoms with Gasteiger partial charge in [-0.1, -0.05) is 18.7 Å². The van der Waals surface area contributed by atoms with Gasteiger partial charge in [-0.3, -0.25) is 0 Å². The Labute approximate surface area is 107 Å². The normalized spacial score (nSPS) is 12.9. The number of aromatic nitrogens is 3. The lowest BCUT2D eigenvalue weighted by atomic mass is 10.3. The van der Waals surface area contributed by atoms with Gasteiger partial charge in [0.05, 0.1) is 6.61 Å². The number of nitrogens with zero attached hydrogens (tertiary/aromatic N) is 3. The molecule has 0 bridgehead atoms. The smallest absolute Gasteiger partial charge is 0.190 e. The van der Waals surface area contributed by atoms with Crippen LogP contribution in [-0.4, -0.2) is 46.8 Å². The van der Waals surface area contributed by atoms with Crippen molar-refractivity contribution in [3.05, 3.63) is 5.82 Å². The van der Waals surface area contributed by atoms with Crippen LogP contribution in [0.25, 0.3) is 0 Å². The average Bonchev–Trinajstić information content (AvgIpc) is 2.64. The van der Waals surface area contributed by atoms with Gasteiger partial charge in [-0.15, -0.1) is 10.2 Å². The van der Waals surface area contributed by atoms with Crippen molar-refractivity contribution in [2.45, 2.75) is 31.5 Å². The molecule has 98 valence electrons. The van der Waals surface area contributed by atoms with Gasteiger partial charge in [0, 0.05) is 26.0 Å². The second kappa shape index (κ2) is 7.68. The summed E-state index contributed by atoms with van der Waals surface area (Å²) >= 11 is 1.71. The molecule has 0 radical (unpaired) electrons. The quantitative estimate of drug-likeness (QED) is 0.711. The molecule has 0 fully saturated rings. The Hall–Kier alpha value is -0.590. The van der Waals surface area contributed by atoms with Crippen molar-refractivity contribution in [2.75, 3.05) is 26.0 Å². The molecule has 1 aromatic heterocycles. The van der Waals surface area contributed by atoms with Crippen LogP contribution in [0, 0.1) is 6.92 Å². The summed E-state index contributed by atoms with van der Waals surface area (Å²) in [7, 11) is 3.72. The highest BCUT2D eigenvalue weighted by atomic mass is 32.2. The zero-order valence-corrected chi connectivity index (χ0v) is 11.9. The summed E-state index contributed by atoms with van der Waals surface area (Å²) in [6.07, 6.45) is 1.13. The maximum atomic E-state index is 5.21. The van der Waals surface area contributed by atoms with Gasteiger partial charge < -0.3 is 14.6 Å². The average molecular weight is 258 g/mol. The molecule has 1 unspecified atom stereocenters. The van der Waals surface area contributed by atoms with Crippen LogP contribution in [0.5, 0.6) is 0 Å². The van der Waals surface area contributed by atoms with Crippen LogP contribution in [0.15, 0.2) is 5.16 Å². The van der Waals surface area contributed by atoms with E-state index in [4.69, 9.17) is 4.74 Å². The predicted octanol–water partition coefficient (Wildman–Crippen LogP) is 1.23. The summed E-state index contributed by atoms with van der Waals surface area (Å²) < 4.78 is 7.21. The first kappa shape index (κ1) is 14.5. The standard InChI is InChI=1S/C11H22N4OS/c1-5-6-12-10(7-16-4)8-17-11-14-13-9(2)15(11)3/h10,12H,5-8H2,1-4H3. The fourth-order valence-corrected chi connectivity index (χ4v) is 2.39. The number of aryl methyl sites for hydroxylation is 1. The first-order chi connectivity index (χ1) is 8.19. The van der Waals surface area contributed by atoms with E-state index in [0.717, 1.165) is 36.3 Å². The molecule has 0 saturated heterocycles. The van der Waals surface area contributed by atoms with E-state index in [9.17, 15) is 0 Å². The zero-order valence-electron chi connectivity index (χ0n) is 11.1. The molecule has 0 saturated carbocycles. The third kappa shape index (κ3) is 4.65. The molecule has 5 nitrogen and oxygen atoms in total. The maximum Gasteiger partial charge on any atom is 0.190 e. The summed E-state index contributed by atoms with van der Waals surface area (Å²) in [5.41, 5.74) is 0. The van der Waals surface area contributed by atoms with Gasteiger partial charge in [-0.05, 0) is 19.9 Å². The summed E-state index contributed by atoms with van der Waals surface area (Å²) in [5, 5.41) is 12.6. The van der Waals surface area contributed by atoms with Gasteiger partial charge in [-0.25, -0.2) is 0 Å². The van der Waals surface area contributed by atoms with E-state index in [1.165, 1.54) is 0 Å². The number of nitrogens with one attached hydrogen (secondary N) is 1. The fraction of sp³-hybridized carbons (Fsp3) is 0.818. The summed E-state index contributed by atoms with van der Waals surface area (Å²) in [5.74, 6) is 1.89. The Balaban J connectivity index is 2.42. The minimum absolute atomic E-state index is 0.363. The Morgan fingerprint density at radius 1 is 1.47 bits per heavy atom. The third-order valence-corrected chi connectivity index (χ3v) is 3.70. The predicted molar refractivity (Wildman–Crippen MR) is 70.4 cm³/mol. The highest BCUT2D eigenvalue weighted by Crippen LogP contribution is 2.16. The van der Waals surface area contributed by atoms with Crippen molar-refractivity contribution >= 4 is 11.8 Å². The first-order valence-corrected chi connectivity index (χ1v) is 6.88. The molecule has 0 amide bonds. The number of ether oxygens (including phenoxy) is 1. The van der Waals surface area contributed by atoms with Crippen LogP contribution in [0.3, 0.4) is 0 Å². The molecule has 0 aromatic carbocycles. The molecule has 6 heteroatoms. The molecule has 0 aliphatic heterocycles. The largest absolute Gasteiger partial charge is 0.383 e. The van der Waals surface area contributed by atoms with Gasteiger partial charge in [0.15, 0.2) is 5.16 Å². The molecule has 1 N–H and O–H groups in total. The van der Waals surface area contributed by atoms with E-state index < -0.39 is 0 Å². The highest BCUT2D eigenvalue weighted by molar-refractivity contribution is 7.99. The van der Waals surface area contributed by atoms with Crippen molar-refractivity contribution in [3.8, 4) is 0 Å². The lowest BCUT2D eigenvalue weighted by Crippen LogP contribution is -2.36. The van der Waals surface area contributed by atoms with Crippen molar-refractivity contribution in [2.24, 2.45) is 7.05 Å². The molecule has 1 aromatic rings. The van der Waals surface area contributed by atoms with Crippen LogP contribution in [0.4, 0.5) is 0 Å². The van der Waals surface area contributed by atoms with E-state index in [2.05, 4.69) is 22.4 Å². The van der Waals surface area contributed by atoms with Gasteiger partial charge in [0.1, 0.15) is 5.82 Å². The number of methoxy groups -OCH3 is 1. The van der Waals surface area contributed by atoms with Crippen molar-refractivity contribution < 1.29 is 4.74 Å². The maximum absolute atomic E-state index is 5.21. The number of hydrogen-bond acceptors (Lipinski definition) is 5. The van der Waals surface area contributed by atoms with Crippen LogP contribution in [-0.2, 0) is 11.8 Å². The molecular formula is C11H22N4OS. The Kier molecular flexibility index (Phi) is 6.54. The first-order valence-electron chi connectivity index (χ1n) is 5.90. The van der Waals surface area contributed by atoms with Crippen LogP contribution < -0.4 is 5.32 Å². The van der Waals surface area contributed by atoms with Crippen molar-refractivity contribution in [3.63, 3.8) is 0 Å². The Bertz CT molecular complexity index is 329. The minimum atomic E-state index is 0.363. The zero-order chi connectivity index (χ0) is 12.7. The van der Waals surface area contributed by atoms with Gasteiger partial charge in [0.2, 0.25) is 0 Å². The molecule has 17 heavy (non-hydrogen) atoms. The number of rotatable bonds is 8. The van der Waals surface area contributed by atoms with Gasteiger partial charge in [0.25, 0.3) is 0 Å². The topological polar surface area (TPSA) is 52.0 Å². The number of hydrogen-bond donors (Lipinski definition) is 1. The molecule has 0 spiro atoms. The monoisotopic (exact) mass is 258 g/mol. The summed E-state index contributed by atoms with van der Waals surface area (Å²) in [6, 6.07) is 0.363. The number of thioether (sulfide) groups is 1. The third-order valence-electron chi connectivity index (χ3n) is 2.52. The van der Waals surface area contributed by atoms with Gasteiger partial charge >= 0.3 is 0 Å². The SMILES string of the molecule is CCCNC(COC)CSc1nnc(C)n1C. The Morgan fingerprint density at radius 2 is 2.24 bits per heavy atom. The van der Waals surface area contributed by atoms with Crippen LogP contribution in [0.2, 0.25) is 0 Å². The van der Waals surface area contributed by atoms with E-state index in [-0.39, 0.29) is 0 Å². The highest BCUT2D eigenvalue weighted by Gasteiger charge is 2.11. The molecule has 0 aliphatic rings. The lowest BCUT2D eigenvalue weighted by Gasteiger charge is -2.16. The minimum Gasteiger partial charge on any atom is -0.383 e.